The van der Waals surface area contributed by atoms with Crippen molar-refractivity contribution in [3.05, 3.63) is 54.1 Å². The van der Waals surface area contributed by atoms with Gasteiger partial charge in [0.15, 0.2) is 5.82 Å². The molecule has 2 N–H and O–H groups in total. The Balaban J connectivity index is 2.15. The maximum Gasteiger partial charge on any atom is 0.189 e. The Morgan fingerprint density at radius 3 is 2.40 bits per heavy atom. The zero-order chi connectivity index (χ0) is 14.1. The molecule has 0 saturated carbocycles. The second-order valence-electron chi connectivity index (χ2n) is 4.12. The third-order valence-corrected chi connectivity index (χ3v) is 2.80. The molecule has 0 aliphatic rings. The van der Waals surface area contributed by atoms with Gasteiger partial charge in [-0.15, -0.1) is 5.10 Å². The summed E-state index contributed by atoms with van der Waals surface area (Å²) in [6.45, 7) is 0. The smallest absolute Gasteiger partial charge is 0.189 e. The normalized spacial score (nSPS) is 10.7. The fourth-order valence-corrected chi connectivity index (χ4v) is 1.83. The summed E-state index contributed by atoms with van der Waals surface area (Å²) in [6, 6.07) is 9.56. The Kier molecular flexibility index (Phi) is 2.86. The summed E-state index contributed by atoms with van der Waals surface area (Å²) in [5.41, 5.74) is 7.09. The molecular weight excluding hydrogens is 264 g/mol. The first-order valence-corrected chi connectivity index (χ1v) is 5.75. The molecule has 0 atom stereocenters. The van der Waals surface area contributed by atoms with E-state index >= 15 is 0 Å². The monoisotopic (exact) mass is 273 g/mol. The van der Waals surface area contributed by atoms with Crippen molar-refractivity contribution in [2.75, 3.05) is 5.73 Å². The van der Waals surface area contributed by atoms with Gasteiger partial charge in [0.05, 0.1) is 5.69 Å². The van der Waals surface area contributed by atoms with Crippen molar-refractivity contribution in [3.63, 3.8) is 0 Å². The number of benzene rings is 2. The van der Waals surface area contributed by atoms with Gasteiger partial charge in [0.2, 0.25) is 0 Å². The fraction of sp³-hybridized carbons (Fsp3) is 0. The van der Waals surface area contributed by atoms with Crippen molar-refractivity contribution >= 4 is 5.69 Å². The van der Waals surface area contributed by atoms with Crippen LogP contribution in [-0.2, 0) is 0 Å². The predicted molar refractivity (Wildman–Crippen MR) is 68.9 cm³/mol. The maximum absolute atomic E-state index is 13.3. The van der Waals surface area contributed by atoms with Crippen molar-refractivity contribution in [2.45, 2.75) is 0 Å². The van der Waals surface area contributed by atoms with Crippen molar-refractivity contribution < 1.29 is 8.78 Å². The molecule has 100 valence electrons. The molecule has 3 rings (SSSR count). The summed E-state index contributed by atoms with van der Waals surface area (Å²) in [4.78, 5) is 0. The first-order valence-electron chi connectivity index (χ1n) is 5.75. The minimum atomic E-state index is -0.442. The van der Waals surface area contributed by atoms with E-state index in [9.17, 15) is 8.78 Å². The summed E-state index contributed by atoms with van der Waals surface area (Å²) < 4.78 is 27.6. The molecular formula is C13H9F2N5. The standard InChI is InChI=1S/C13H9F2N5/c14-8-1-4-10(5-2-8)20-13(17-18-19-20)11-7-9(15)3-6-12(11)16/h1-7H,16H2. The second-order valence-corrected chi connectivity index (χ2v) is 4.12. The molecule has 20 heavy (non-hydrogen) atoms. The van der Waals surface area contributed by atoms with Crippen LogP contribution in [0.15, 0.2) is 42.5 Å². The summed E-state index contributed by atoms with van der Waals surface area (Å²) in [5.74, 6) is -0.523. The van der Waals surface area contributed by atoms with Crippen molar-refractivity contribution in [3.8, 4) is 17.1 Å². The van der Waals surface area contributed by atoms with Crippen LogP contribution in [0.4, 0.5) is 14.5 Å². The Morgan fingerprint density at radius 1 is 0.950 bits per heavy atom. The SMILES string of the molecule is Nc1ccc(F)cc1-c1nnnn1-c1ccc(F)cc1. The van der Waals surface area contributed by atoms with Crippen LogP contribution in [0.3, 0.4) is 0 Å². The number of rotatable bonds is 2. The van der Waals surface area contributed by atoms with Gasteiger partial charge in [-0.2, -0.15) is 4.68 Å². The van der Waals surface area contributed by atoms with Gasteiger partial charge in [0.1, 0.15) is 11.6 Å². The van der Waals surface area contributed by atoms with Crippen LogP contribution in [0.25, 0.3) is 17.1 Å². The lowest BCUT2D eigenvalue weighted by molar-refractivity contribution is 0.626. The molecule has 1 aromatic heterocycles. The van der Waals surface area contributed by atoms with Crippen LogP contribution in [0.2, 0.25) is 0 Å². The molecule has 0 radical (unpaired) electrons. The van der Waals surface area contributed by atoms with Gasteiger partial charge in [0.25, 0.3) is 0 Å². The molecule has 5 nitrogen and oxygen atoms in total. The van der Waals surface area contributed by atoms with E-state index in [0.29, 0.717) is 16.9 Å². The highest BCUT2D eigenvalue weighted by Crippen LogP contribution is 2.26. The summed E-state index contributed by atoms with van der Waals surface area (Å²) in [7, 11) is 0. The Labute approximate surface area is 112 Å². The molecule has 1 heterocycles. The van der Waals surface area contributed by atoms with E-state index in [1.54, 1.807) is 0 Å². The number of tetrazole rings is 1. The van der Waals surface area contributed by atoms with E-state index in [0.717, 1.165) is 0 Å². The van der Waals surface area contributed by atoms with Crippen molar-refractivity contribution in [1.29, 1.82) is 0 Å². The Morgan fingerprint density at radius 2 is 1.65 bits per heavy atom. The number of nitrogen functional groups attached to an aromatic ring is 1. The number of aromatic nitrogens is 4. The van der Waals surface area contributed by atoms with Crippen LogP contribution in [-0.4, -0.2) is 20.2 Å². The average Bonchev–Trinajstić information content (AvgIpc) is 2.91. The molecule has 0 spiro atoms. The summed E-state index contributed by atoms with van der Waals surface area (Å²) in [6.07, 6.45) is 0. The first-order chi connectivity index (χ1) is 9.65. The number of anilines is 1. The number of nitrogens with two attached hydrogens (primary N) is 1. The number of halogens is 2. The number of hydrogen-bond donors (Lipinski definition) is 1. The Hall–Kier alpha value is -2.83. The van der Waals surface area contributed by atoms with Gasteiger partial charge in [-0.25, -0.2) is 8.78 Å². The largest absolute Gasteiger partial charge is 0.398 e. The van der Waals surface area contributed by atoms with E-state index in [4.69, 9.17) is 5.73 Å². The lowest BCUT2D eigenvalue weighted by Crippen LogP contribution is -2.02. The predicted octanol–water partition coefficient (Wildman–Crippen LogP) is 2.19. The lowest BCUT2D eigenvalue weighted by atomic mass is 10.1. The van der Waals surface area contributed by atoms with Crippen LogP contribution in [0, 0.1) is 11.6 Å². The van der Waals surface area contributed by atoms with Crippen LogP contribution >= 0.6 is 0 Å². The number of hydrogen-bond acceptors (Lipinski definition) is 4. The average molecular weight is 273 g/mol. The third-order valence-electron chi connectivity index (χ3n) is 2.80. The molecule has 7 heteroatoms. The van der Waals surface area contributed by atoms with Gasteiger partial charge in [-0.3, -0.25) is 0 Å². The molecule has 0 fully saturated rings. The molecule has 0 amide bonds. The zero-order valence-corrected chi connectivity index (χ0v) is 10.2. The molecule has 0 unspecified atom stereocenters. The van der Waals surface area contributed by atoms with Crippen molar-refractivity contribution in [2.24, 2.45) is 0 Å². The maximum atomic E-state index is 13.3. The van der Waals surface area contributed by atoms with Gasteiger partial charge in [-0.05, 0) is 52.9 Å². The zero-order valence-electron chi connectivity index (χ0n) is 10.2. The van der Waals surface area contributed by atoms with Gasteiger partial charge >= 0.3 is 0 Å². The van der Waals surface area contributed by atoms with Crippen LogP contribution in [0.1, 0.15) is 0 Å². The quantitative estimate of drug-likeness (QED) is 0.727. The van der Waals surface area contributed by atoms with Gasteiger partial charge in [-0.1, -0.05) is 0 Å². The van der Waals surface area contributed by atoms with E-state index in [-0.39, 0.29) is 11.6 Å². The van der Waals surface area contributed by atoms with E-state index in [1.165, 1.54) is 47.1 Å². The highest BCUT2D eigenvalue weighted by Gasteiger charge is 2.14. The lowest BCUT2D eigenvalue weighted by Gasteiger charge is -2.07. The third kappa shape index (κ3) is 2.09. The van der Waals surface area contributed by atoms with Gasteiger partial charge < -0.3 is 5.73 Å². The highest BCUT2D eigenvalue weighted by molar-refractivity contribution is 5.72. The first kappa shape index (κ1) is 12.2. The van der Waals surface area contributed by atoms with Gasteiger partial charge in [0, 0.05) is 11.3 Å². The Bertz CT molecular complexity index is 752. The summed E-state index contributed by atoms with van der Waals surface area (Å²) >= 11 is 0. The minimum absolute atomic E-state index is 0.286. The molecule has 0 aliphatic heterocycles. The van der Waals surface area contributed by atoms with E-state index < -0.39 is 5.82 Å². The van der Waals surface area contributed by atoms with Crippen LogP contribution in [0.5, 0.6) is 0 Å². The number of nitrogens with zero attached hydrogens (tertiary/aromatic N) is 4. The van der Waals surface area contributed by atoms with Crippen LogP contribution < -0.4 is 5.73 Å². The minimum Gasteiger partial charge on any atom is -0.398 e. The molecule has 2 aromatic carbocycles. The second kappa shape index (κ2) is 4.69. The van der Waals surface area contributed by atoms with E-state index in [2.05, 4.69) is 15.5 Å². The molecule has 0 saturated heterocycles. The fourth-order valence-electron chi connectivity index (χ4n) is 1.83. The molecule has 3 aromatic rings. The summed E-state index contributed by atoms with van der Waals surface area (Å²) in [5, 5.41) is 11.2. The molecule has 0 aliphatic carbocycles. The topological polar surface area (TPSA) is 69.6 Å². The highest BCUT2D eigenvalue weighted by atomic mass is 19.1. The van der Waals surface area contributed by atoms with Crippen molar-refractivity contribution in [1.82, 2.24) is 20.2 Å². The molecule has 0 bridgehead atoms. The van der Waals surface area contributed by atoms with E-state index in [1.807, 2.05) is 0 Å².